The van der Waals surface area contributed by atoms with Gasteiger partial charge in [-0.1, -0.05) is 46.9 Å². The standard InChI is InChI=1S/C19H20ClN3O.C18H17ClFN3O/c1-13-8-14(6-7-15-9-16(20)12-21-10-15)11-22-17(13)18(24)23(5)19(2,3)4;1-18(2,3)23(4)17(24)16-15(20)8-13(10-22-16)6-5-12-7-14(19)11-21-9-12/h8-12H,1-5H3;7-11H,1-4H3. The number of pyridine rings is 4. The molecule has 0 unspecified atom stereocenters. The predicted octanol–water partition coefficient (Wildman–Crippen LogP) is 7.25. The fraction of sp³-hybridized carbons (Fsp3) is 0.297. The molecule has 0 aliphatic carbocycles. The summed E-state index contributed by atoms with van der Waals surface area (Å²) in [5, 5.41) is 1.01. The first-order chi connectivity index (χ1) is 22.4. The highest BCUT2D eigenvalue weighted by atomic mass is 35.5. The second-order valence-corrected chi connectivity index (χ2v) is 13.7. The van der Waals surface area contributed by atoms with Gasteiger partial charge in [0.05, 0.1) is 10.0 Å². The first-order valence-corrected chi connectivity index (χ1v) is 15.6. The van der Waals surface area contributed by atoms with Crippen LogP contribution in [0.3, 0.4) is 0 Å². The number of nitrogens with zero attached hydrogens (tertiary/aromatic N) is 6. The number of hydrogen-bond donors (Lipinski definition) is 0. The molecule has 0 fully saturated rings. The van der Waals surface area contributed by atoms with E-state index < -0.39 is 17.3 Å². The maximum Gasteiger partial charge on any atom is 0.275 e. The Labute approximate surface area is 291 Å². The highest BCUT2D eigenvalue weighted by Crippen LogP contribution is 2.18. The predicted molar refractivity (Wildman–Crippen MR) is 187 cm³/mol. The highest BCUT2D eigenvalue weighted by Gasteiger charge is 2.27. The normalized spacial score (nSPS) is 10.8. The lowest BCUT2D eigenvalue weighted by atomic mass is 10.0. The monoisotopic (exact) mass is 686 g/mol. The molecule has 0 aromatic carbocycles. The van der Waals surface area contributed by atoms with Crippen LogP contribution in [0.4, 0.5) is 4.39 Å². The van der Waals surface area contributed by atoms with Crippen LogP contribution in [0.25, 0.3) is 0 Å². The lowest BCUT2D eigenvalue weighted by molar-refractivity contribution is 0.0637. The third kappa shape index (κ3) is 10.6. The van der Waals surface area contributed by atoms with Gasteiger partial charge >= 0.3 is 0 Å². The van der Waals surface area contributed by atoms with E-state index in [0.29, 0.717) is 26.9 Å². The Kier molecular flexibility index (Phi) is 12.4. The van der Waals surface area contributed by atoms with Gasteiger partial charge in [-0.2, -0.15) is 0 Å². The molecule has 4 aromatic heterocycles. The molecule has 48 heavy (non-hydrogen) atoms. The van der Waals surface area contributed by atoms with Crippen LogP contribution in [0.15, 0.2) is 61.4 Å². The maximum atomic E-state index is 14.2. The van der Waals surface area contributed by atoms with Crippen LogP contribution >= 0.6 is 23.2 Å². The zero-order valence-corrected chi connectivity index (χ0v) is 29.9. The number of rotatable bonds is 2. The summed E-state index contributed by atoms with van der Waals surface area (Å²) in [6.07, 6.45) is 9.25. The molecule has 4 heterocycles. The highest BCUT2D eigenvalue weighted by molar-refractivity contribution is 6.30. The van der Waals surface area contributed by atoms with Gasteiger partial charge in [0.2, 0.25) is 0 Å². The molecule has 248 valence electrons. The first kappa shape index (κ1) is 37.6. The zero-order chi connectivity index (χ0) is 35.8. The summed E-state index contributed by atoms with van der Waals surface area (Å²) in [7, 11) is 3.40. The summed E-state index contributed by atoms with van der Waals surface area (Å²) in [5.74, 6) is 10.3. The summed E-state index contributed by atoms with van der Waals surface area (Å²) >= 11 is 11.7. The van der Waals surface area contributed by atoms with Crippen LogP contribution in [-0.4, -0.2) is 66.7 Å². The maximum absolute atomic E-state index is 14.2. The third-order valence-corrected chi connectivity index (χ3v) is 7.47. The van der Waals surface area contributed by atoms with E-state index in [2.05, 4.69) is 43.6 Å². The Balaban J connectivity index is 0.000000260. The molecule has 0 bridgehead atoms. The number of halogens is 3. The lowest BCUT2D eigenvalue weighted by Gasteiger charge is -2.32. The molecular weight excluding hydrogens is 650 g/mol. The Morgan fingerprint density at radius 1 is 0.625 bits per heavy atom. The first-order valence-electron chi connectivity index (χ1n) is 14.8. The van der Waals surface area contributed by atoms with E-state index in [-0.39, 0.29) is 17.1 Å². The molecule has 0 radical (unpaired) electrons. The van der Waals surface area contributed by atoms with Crippen molar-refractivity contribution in [3.63, 3.8) is 0 Å². The number of amides is 2. The Morgan fingerprint density at radius 3 is 1.38 bits per heavy atom. The van der Waals surface area contributed by atoms with Gasteiger partial charge in [0.15, 0.2) is 11.5 Å². The molecule has 8 nitrogen and oxygen atoms in total. The number of aryl methyl sites for hydroxylation is 1. The minimum Gasteiger partial charge on any atom is -0.336 e. The summed E-state index contributed by atoms with van der Waals surface area (Å²) in [6, 6.07) is 6.46. The van der Waals surface area contributed by atoms with Gasteiger partial charge in [-0.25, -0.2) is 14.4 Å². The van der Waals surface area contributed by atoms with Crippen LogP contribution in [0.1, 0.15) is 90.3 Å². The van der Waals surface area contributed by atoms with Crippen molar-refractivity contribution in [1.82, 2.24) is 29.7 Å². The van der Waals surface area contributed by atoms with Crippen molar-refractivity contribution in [3.8, 4) is 23.7 Å². The van der Waals surface area contributed by atoms with Crippen LogP contribution in [-0.2, 0) is 0 Å². The smallest absolute Gasteiger partial charge is 0.275 e. The molecule has 4 rings (SSSR count). The van der Waals surface area contributed by atoms with E-state index in [1.54, 1.807) is 55.9 Å². The van der Waals surface area contributed by atoms with E-state index in [9.17, 15) is 14.0 Å². The Morgan fingerprint density at radius 2 is 1.00 bits per heavy atom. The number of hydrogen-bond acceptors (Lipinski definition) is 6. The molecule has 0 saturated carbocycles. The van der Waals surface area contributed by atoms with Gasteiger partial charge in [0.25, 0.3) is 11.8 Å². The van der Waals surface area contributed by atoms with Crippen LogP contribution in [0, 0.1) is 36.4 Å². The zero-order valence-electron chi connectivity index (χ0n) is 28.4. The molecule has 0 atom stereocenters. The van der Waals surface area contributed by atoms with Crippen LogP contribution < -0.4 is 0 Å². The van der Waals surface area contributed by atoms with Crippen LogP contribution in [0.2, 0.25) is 10.0 Å². The molecule has 4 aromatic rings. The summed E-state index contributed by atoms with van der Waals surface area (Å²) in [4.78, 5) is 44.1. The quantitative estimate of drug-likeness (QED) is 0.206. The minimum absolute atomic E-state index is 0.0986. The molecule has 0 saturated heterocycles. The second kappa shape index (κ2) is 15.8. The van der Waals surface area contributed by atoms with Crippen molar-refractivity contribution < 1.29 is 14.0 Å². The number of aromatic nitrogens is 4. The van der Waals surface area contributed by atoms with Crippen molar-refractivity contribution in [2.75, 3.05) is 14.1 Å². The second-order valence-electron chi connectivity index (χ2n) is 12.8. The molecule has 0 aliphatic heterocycles. The van der Waals surface area contributed by atoms with E-state index in [4.69, 9.17) is 23.2 Å². The van der Waals surface area contributed by atoms with Crippen molar-refractivity contribution in [1.29, 1.82) is 0 Å². The van der Waals surface area contributed by atoms with E-state index in [1.165, 1.54) is 23.4 Å². The van der Waals surface area contributed by atoms with Crippen molar-refractivity contribution in [2.45, 2.75) is 59.5 Å². The molecule has 0 N–H and O–H groups in total. The lowest BCUT2D eigenvalue weighted by Crippen LogP contribution is -2.43. The largest absolute Gasteiger partial charge is 0.336 e. The van der Waals surface area contributed by atoms with Gasteiger partial charge in [-0.3, -0.25) is 19.6 Å². The fourth-order valence-electron chi connectivity index (χ4n) is 3.71. The van der Waals surface area contributed by atoms with Gasteiger partial charge in [0.1, 0.15) is 5.69 Å². The summed E-state index contributed by atoms with van der Waals surface area (Å²) in [6.45, 7) is 13.4. The topological polar surface area (TPSA) is 92.2 Å². The Bertz CT molecular complexity index is 1800. The molecular formula is C37H37Cl2FN6O2. The van der Waals surface area contributed by atoms with E-state index in [1.807, 2.05) is 54.5 Å². The van der Waals surface area contributed by atoms with Crippen LogP contribution in [0.5, 0.6) is 0 Å². The molecule has 11 heteroatoms. The third-order valence-electron chi connectivity index (χ3n) is 7.06. The molecule has 0 spiro atoms. The van der Waals surface area contributed by atoms with Crippen molar-refractivity contribution in [2.24, 2.45) is 0 Å². The van der Waals surface area contributed by atoms with E-state index >= 15 is 0 Å². The van der Waals surface area contributed by atoms with Gasteiger partial charge in [-0.15, -0.1) is 0 Å². The van der Waals surface area contributed by atoms with Crippen molar-refractivity contribution >= 4 is 35.0 Å². The van der Waals surface area contributed by atoms with E-state index in [0.717, 1.165) is 16.7 Å². The number of carbonyl (C=O) groups excluding carboxylic acids is 2. The summed E-state index contributed by atoms with van der Waals surface area (Å²) in [5.41, 5.74) is 2.78. The number of carbonyl (C=O) groups is 2. The van der Waals surface area contributed by atoms with Gasteiger partial charge in [0, 0.05) is 84.6 Å². The molecule has 0 aliphatic rings. The summed E-state index contributed by atoms with van der Waals surface area (Å²) < 4.78 is 14.2. The fourth-order valence-corrected chi connectivity index (χ4v) is 4.05. The SMILES string of the molecule is CN(C(=O)c1ncc(C#Cc2cncc(Cl)c2)cc1F)C(C)(C)C.Cc1cc(C#Cc2cncc(Cl)c2)cnc1C(=O)N(C)C(C)(C)C. The Hall–Kier alpha value is -4.83. The molecule has 2 amide bonds. The average molecular weight is 688 g/mol. The minimum atomic E-state index is -0.702. The van der Waals surface area contributed by atoms with Gasteiger partial charge in [-0.05, 0) is 78.3 Å². The van der Waals surface area contributed by atoms with Gasteiger partial charge < -0.3 is 9.80 Å². The average Bonchev–Trinajstić information content (AvgIpc) is 3.01. The van der Waals surface area contributed by atoms with Crippen molar-refractivity contribution in [3.05, 3.63) is 117 Å².